The molecule has 0 rings (SSSR count). The number of allylic oxidation sites excluding steroid dienone is 4. The van der Waals surface area contributed by atoms with E-state index in [1.54, 1.807) is 0 Å². The van der Waals surface area contributed by atoms with Gasteiger partial charge in [0.2, 0.25) is 0 Å². The van der Waals surface area contributed by atoms with Crippen molar-refractivity contribution in [2.24, 2.45) is 33.5 Å². The van der Waals surface area contributed by atoms with Gasteiger partial charge in [-0.25, -0.2) is 0 Å². The summed E-state index contributed by atoms with van der Waals surface area (Å²) in [7, 11) is 0. The second kappa shape index (κ2) is 12.9. The summed E-state index contributed by atoms with van der Waals surface area (Å²) >= 11 is 0.955. The SMILES string of the molecule is CC(C)(C)C(CC=CC[PH][Pd][PH]CC=CCC(C(C)(C)C)C(C)(C)C)C(C)(C)C. The molecule has 29 heavy (non-hydrogen) atoms. The summed E-state index contributed by atoms with van der Waals surface area (Å²) in [6.07, 6.45) is 14.9. The van der Waals surface area contributed by atoms with Crippen LogP contribution in [0.5, 0.6) is 0 Å². The standard InChI is InChI=1S/2C13H26P.Pd/c2*1-12(2,3)11(13(4,5)6)9-7-8-10-14;/h2*7-8,11,14H,9-10H2,1-6H3;/q2*-1;+2. The van der Waals surface area contributed by atoms with Crippen molar-refractivity contribution in [3.05, 3.63) is 24.3 Å². The van der Waals surface area contributed by atoms with E-state index in [1.165, 1.54) is 25.2 Å². The minimum absolute atomic E-state index is 0.376. The first-order chi connectivity index (χ1) is 13.0. The molecule has 0 aromatic heterocycles. The van der Waals surface area contributed by atoms with Crippen LogP contribution in [0.15, 0.2) is 24.3 Å². The number of hydrogen-bond donors (Lipinski definition) is 0. The summed E-state index contributed by atoms with van der Waals surface area (Å²) < 4.78 is 0. The molecule has 0 N–H and O–H groups in total. The van der Waals surface area contributed by atoms with Crippen LogP contribution in [0.3, 0.4) is 0 Å². The average molecular weight is 533 g/mol. The van der Waals surface area contributed by atoms with Crippen LogP contribution in [-0.4, -0.2) is 12.3 Å². The van der Waals surface area contributed by atoms with Crippen molar-refractivity contribution in [1.29, 1.82) is 0 Å². The van der Waals surface area contributed by atoms with Gasteiger partial charge in [-0.1, -0.05) is 0 Å². The summed E-state index contributed by atoms with van der Waals surface area (Å²) in [6.45, 7) is 31.0. The Morgan fingerprint density at radius 3 is 1.03 bits per heavy atom. The zero-order chi connectivity index (χ0) is 22.9. The van der Waals surface area contributed by atoms with Crippen molar-refractivity contribution in [1.82, 2.24) is 0 Å². The summed E-state index contributed by atoms with van der Waals surface area (Å²) in [6, 6.07) is 0. The third-order valence-electron chi connectivity index (χ3n) is 5.74. The fourth-order valence-corrected chi connectivity index (χ4v) is 11.8. The van der Waals surface area contributed by atoms with Gasteiger partial charge in [-0.2, -0.15) is 0 Å². The summed E-state index contributed by atoms with van der Waals surface area (Å²) in [5.41, 5.74) is 1.50. The molecule has 0 nitrogen and oxygen atoms in total. The third kappa shape index (κ3) is 13.9. The summed E-state index contributed by atoms with van der Waals surface area (Å²) in [5, 5.41) is 0. The van der Waals surface area contributed by atoms with Crippen LogP contribution in [0.25, 0.3) is 0 Å². The Hall–Kier alpha value is 1.00. The second-order valence-electron chi connectivity index (χ2n) is 12.7. The van der Waals surface area contributed by atoms with Gasteiger partial charge in [0.05, 0.1) is 0 Å². The maximum absolute atomic E-state index is 2.46. The van der Waals surface area contributed by atoms with Gasteiger partial charge < -0.3 is 0 Å². The Bertz CT molecular complexity index is 419. The van der Waals surface area contributed by atoms with Crippen LogP contribution in [0.1, 0.15) is 95.9 Å². The molecule has 0 saturated carbocycles. The molecular formula is C26H52P2Pd. The van der Waals surface area contributed by atoms with Gasteiger partial charge in [0.25, 0.3) is 0 Å². The molecule has 0 aliphatic heterocycles. The van der Waals surface area contributed by atoms with E-state index in [0.29, 0.717) is 21.7 Å². The molecule has 176 valence electrons. The molecule has 0 aliphatic rings. The predicted molar refractivity (Wildman–Crippen MR) is 139 cm³/mol. The van der Waals surface area contributed by atoms with Gasteiger partial charge in [0.15, 0.2) is 0 Å². The predicted octanol–water partition coefficient (Wildman–Crippen LogP) is 9.57. The van der Waals surface area contributed by atoms with Crippen molar-refractivity contribution in [3.8, 4) is 0 Å². The molecule has 0 aromatic carbocycles. The van der Waals surface area contributed by atoms with Gasteiger partial charge in [-0.3, -0.25) is 0 Å². The monoisotopic (exact) mass is 532 g/mol. The average Bonchev–Trinajstić information content (AvgIpc) is 2.46. The van der Waals surface area contributed by atoms with E-state index in [9.17, 15) is 0 Å². The maximum atomic E-state index is 2.46. The van der Waals surface area contributed by atoms with Gasteiger partial charge >= 0.3 is 197 Å². The summed E-state index contributed by atoms with van der Waals surface area (Å²) in [4.78, 5) is 0. The fraction of sp³-hybridized carbons (Fsp3) is 0.846. The van der Waals surface area contributed by atoms with E-state index in [-0.39, 0.29) is 0 Å². The van der Waals surface area contributed by atoms with E-state index < -0.39 is 0 Å². The third-order valence-corrected chi connectivity index (χ3v) is 14.2. The molecule has 0 spiro atoms. The summed E-state index contributed by atoms with van der Waals surface area (Å²) in [5.74, 6) is 1.46. The molecule has 0 radical (unpaired) electrons. The minimum atomic E-state index is 0.376. The zero-order valence-electron chi connectivity index (χ0n) is 21.6. The first kappa shape index (κ1) is 30.0. The van der Waals surface area contributed by atoms with E-state index in [2.05, 4.69) is 107 Å². The van der Waals surface area contributed by atoms with Crippen molar-refractivity contribution in [2.75, 3.05) is 12.3 Å². The van der Waals surface area contributed by atoms with E-state index >= 15 is 0 Å². The Morgan fingerprint density at radius 1 is 0.517 bits per heavy atom. The Labute approximate surface area is 196 Å². The molecule has 0 heterocycles. The quantitative estimate of drug-likeness (QED) is 0.114. The van der Waals surface area contributed by atoms with Crippen LogP contribution in [-0.2, 0) is 17.0 Å². The Kier molecular flexibility index (Phi) is 13.3. The van der Waals surface area contributed by atoms with Gasteiger partial charge in [-0.05, 0) is 0 Å². The second-order valence-corrected chi connectivity index (χ2v) is 21.4. The molecular weight excluding hydrogens is 481 g/mol. The van der Waals surface area contributed by atoms with Gasteiger partial charge in [0, 0.05) is 0 Å². The molecule has 0 bridgehead atoms. The van der Waals surface area contributed by atoms with E-state index in [1.807, 2.05) is 0 Å². The van der Waals surface area contributed by atoms with Crippen LogP contribution in [0, 0.1) is 33.5 Å². The Balaban J connectivity index is 4.12. The molecule has 3 heteroatoms. The van der Waals surface area contributed by atoms with Gasteiger partial charge in [0.1, 0.15) is 0 Å². The number of rotatable bonds is 10. The van der Waals surface area contributed by atoms with Crippen molar-refractivity contribution in [2.45, 2.75) is 95.9 Å². The van der Waals surface area contributed by atoms with Crippen LogP contribution < -0.4 is 0 Å². The number of hydrogen-bond acceptors (Lipinski definition) is 0. The zero-order valence-corrected chi connectivity index (χ0v) is 25.2. The molecule has 2 unspecified atom stereocenters. The van der Waals surface area contributed by atoms with Gasteiger partial charge in [-0.15, -0.1) is 0 Å². The van der Waals surface area contributed by atoms with Crippen LogP contribution in [0.2, 0.25) is 0 Å². The van der Waals surface area contributed by atoms with E-state index in [4.69, 9.17) is 0 Å². The van der Waals surface area contributed by atoms with Crippen molar-refractivity contribution < 1.29 is 17.0 Å². The first-order valence-corrected chi connectivity index (χ1v) is 18.0. The molecule has 0 aliphatic carbocycles. The molecule has 0 amide bonds. The van der Waals surface area contributed by atoms with Crippen molar-refractivity contribution in [3.63, 3.8) is 0 Å². The molecule has 0 aromatic rings. The topological polar surface area (TPSA) is 0 Å². The molecule has 0 saturated heterocycles. The van der Waals surface area contributed by atoms with E-state index in [0.717, 1.165) is 42.4 Å². The molecule has 0 fully saturated rings. The fourth-order valence-electron chi connectivity index (χ4n) is 4.82. The van der Waals surface area contributed by atoms with Crippen molar-refractivity contribution >= 4 is 13.5 Å². The van der Waals surface area contributed by atoms with Crippen LogP contribution >= 0.6 is 13.5 Å². The Morgan fingerprint density at radius 2 is 0.793 bits per heavy atom. The normalized spacial score (nSPS) is 15.8. The van der Waals surface area contributed by atoms with Crippen LogP contribution in [0.4, 0.5) is 0 Å². The molecule has 2 atom stereocenters. The first-order valence-electron chi connectivity index (χ1n) is 11.3.